The fraction of sp³-hybridized carbons (Fsp3) is 0.533. The second kappa shape index (κ2) is 11.2. The van der Waals surface area contributed by atoms with Gasteiger partial charge in [-0.25, -0.2) is 0 Å². The van der Waals surface area contributed by atoms with E-state index in [2.05, 4.69) is 15.4 Å². The fourth-order valence-electron chi connectivity index (χ4n) is 1.67. The van der Waals surface area contributed by atoms with Gasteiger partial charge in [0, 0.05) is 25.6 Å². The first kappa shape index (κ1) is 20.6. The molecule has 0 heterocycles. The van der Waals surface area contributed by atoms with Crippen LogP contribution in [0.3, 0.4) is 0 Å². The third-order valence-corrected chi connectivity index (χ3v) is 3.03. The number of benzene rings is 1. The Kier molecular flexibility index (Phi) is 10.5. The van der Waals surface area contributed by atoms with Crippen molar-refractivity contribution in [3.8, 4) is 5.75 Å². The van der Waals surface area contributed by atoms with Crippen molar-refractivity contribution < 1.29 is 18.3 Å². The van der Waals surface area contributed by atoms with Gasteiger partial charge in [0.2, 0.25) is 5.91 Å². The molecule has 0 aliphatic rings. The lowest BCUT2D eigenvalue weighted by molar-refractivity contribution is -0.121. The molecule has 126 valence electrons. The Morgan fingerprint density at radius 2 is 1.91 bits per heavy atom. The summed E-state index contributed by atoms with van der Waals surface area (Å²) in [6, 6.07) is 6.62. The highest BCUT2D eigenvalue weighted by Crippen LogP contribution is 2.14. The third-order valence-electron chi connectivity index (χ3n) is 3.03. The van der Waals surface area contributed by atoms with Crippen molar-refractivity contribution in [1.29, 1.82) is 0 Å². The highest BCUT2D eigenvalue weighted by atomic mass is 35.5. The summed E-state index contributed by atoms with van der Waals surface area (Å²) in [5, 5.41) is 6.02. The van der Waals surface area contributed by atoms with Gasteiger partial charge in [0.15, 0.2) is 0 Å². The topological polar surface area (TPSA) is 50.4 Å². The number of carbonyl (C=O) groups excluding carboxylic acids is 1. The summed E-state index contributed by atoms with van der Waals surface area (Å²) in [4.78, 5) is 11.5. The van der Waals surface area contributed by atoms with Gasteiger partial charge in [0.05, 0.1) is 0 Å². The molecule has 4 nitrogen and oxygen atoms in total. The number of carbonyl (C=O) groups is 1. The second-order valence-corrected chi connectivity index (χ2v) is 4.83. The molecule has 22 heavy (non-hydrogen) atoms. The Bertz CT molecular complexity index is 430. The Balaban J connectivity index is 0.00000441. The van der Waals surface area contributed by atoms with E-state index in [0.29, 0.717) is 19.5 Å². The molecule has 0 aromatic heterocycles. The molecule has 2 N–H and O–H groups in total. The van der Waals surface area contributed by atoms with E-state index in [9.17, 15) is 13.6 Å². The lowest BCUT2D eigenvalue weighted by atomic mass is 10.2. The molecule has 1 aromatic carbocycles. The number of hydrogen-bond acceptors (Lipinski definition) is 3. The van der Waals surface area contributed by atoms with Crippen LogP contribution in [0, 0.1) is 0 Å². The average molecular weight is 337 g/mol. The molecule has 1 atom stereocenters. The molecular formula is C15H23ClF2N2O2. The van der Waals surface area contributed by atoms with Crippen LogP contribution in [0.25, 0.3) is 0 Å². The quantitative estimate of drug-likeness (QED) is 0.681. The van der Waals surface area contributed by atoms with E-state index in [1.54, 1.807) is 12.1 Å². The zero-order valence-electron chi connectivity index (χ0n) is 12.8. The molecule has 0 bridgehead atoms. The summed E-state index contributed by atoms with van der Waals surface area (Å²) in [5.41, 5.74) is 0.943. The van der Waals surface area contributed by atoms with Gasteiger partial charge in [-0.15, -0.1) is 12.4 Å². The first-order chi connectivity index (χ1) is 10.0. The molecule has 0 spiro atoms. The molecule has 0 saturated carbocycles. The van der Waals surface area contributed by atoms with E-state index in [1.807, 2.05) is 13.8 Å². The van der Waals surface area contributed by atoms with E-state index in [-0.39, 0.29) is 30.1 Å². The van der Waals surface area contributed by atoms with Crippen molar-refractivity contribution in [3.63, 3.8) is 0 Å². The van der Waals surface area contributed by atoms with E-state index >= 15 is 0 Å². The first-order valence-corrected chi connectivity index (χ1v) is 7.05. The minimum Gasteiger partial charge on any atom is -0.435 e. The second-order valence-electron chi connectivity index (χ2n) is 4.83. The van der Waals surface area contributed by atoms with Gasteiger partial charge in [-0.1, -0.05) is 19.1 Å². The lowest BCUT2D eigenvalue weighted by Crippen LogP contribution is -2.33. The van der Waals surface area contributed by atoms with Gasteiger partial charge in [-0.3, -0.25) is 4.79 Å². The molecule has 1 aromatic rings. The molecular weight excluding hydrogens is 314 g/mol. The Morgan fingerprint density at radius 3 is 2.45 bits per heavy atom. The minimum atomic E-state index is -2.81. The van der Waals surface area contributed by atoms with Gasteiger partial charge >= 0.3 is 6.61 Å². The highest BCUT2D eigenvalue weighted by Gasteiger charge is 2.05. The zero-order valence-corrected chi connectivity index (χ0v) is 13.6. The summed E-state index contributed by atoms with van der Waals surface area (Å²) in [6.07, 6.45) is 1.32. The van der Waals surface area contributed by atoms with Crippen molar-refractivity contribution in [1.82, 2.24) is 10.6 Å². The van der Waals surface area contributed by atoms with Crippen molar-refractivity contribution >= 4 is 18.3 Å². The molecule has 0 aliphatic heterocycles. The lowest BCUT2D eigenvalue weighted by Gasteiger charge is -2.11. The number of amides is 1. The van der Waals surface area contributed by atoms with Crippen molar-refractivity contribution in [2.45, 2.75) is 45.9 Å². The third kappa shape index (κ3) is 8.79. The molecule has 0 aliphatic carbocycles. The van der Waals surface area contributed by atoms with Crippen LogP contribution in [0.5, 0.6) is 5.75 Å². The SMILES string of the molecule is CCC(C)NC(=O)CCNCc1ccc(OC(F)F)cc1.Cl. The Hall–Kier alpha value is -1.40. The Morgan fingerprint density at radius 1 is 1.27 bits per heavy atom. The zero-order chi connectivity index (χ0) is 15.7. The molecule has 7 heteroatoms. The summed E-state index contributed by atoms with van der Waals surface area (Å²) in [7, 11) is 0. The predicted octanol–water partition coefficient (Wildman–Crippen LogP) is 3.10. The standard InChI is InChI=1S/C15H22F2N2O2.ClH/c1-3-11(2)19-14(20)8-9-18-10-12-4-6-13(7-5-12)21-15(16)17;/h4-7,11,15,18H,3,8-10H2,1-2H3,(H,19,20);1H. The number of rotatable bonds is 9. The van der Waals surface area contributed by atoms with Crippen molar-refractivity contribution in [2.75, 3.05) is 6.54 Å². The number of hydrogen-bond donors (Lipinski definition) is 2. The van der Waals surface area contributed by atoms with Crippen LogP contribution in [0.4, 0.5) is 8.78 Å². The van der Waals surface area contributed by atoms with E-state index in [1.165, 1.54) is 12.1 Å². The van der Waals surface area contributed by atoms with Crippen LogP contribution in [0.1, 0.15) is 32.3 Å². The van der Waals surface area contributed by atoms with Crippen LogP contribution in [-0.2, 0) is 11.3 Å². The number of ether oxygens (including phenoxy) is 1. The Labute approximate surface area is 136 Å². The summed E-state index contributed by atoms with van der Waals surface area (Å²) in [6.45, 7) is 2.32. The van der Waals surface area contributed by atoms with Crippen LogP contribution >= 0.6 is 12.4 Å². The number of nitrogens with one attached hydrogen (secondary N) is 2. The number of halogens is 3. The molecule has 1 rings (SSSR count). The normalized spacial score (nSPS) is 11.7. The maximum absolute atomic E-state index is 12.0. The van der Waals surface area contributed by atoms with Crippen molar-refractivity contribution in [2.24, 2.45) is 0 Å². The van der Waals surface area contributed by atoms with Crippen LogP contribution < -0.4 is 15.4 Å². The van der Waals surface area contributed by atoms with Gasteiger partial charge in [0.25, 0.3) is 0 Å². The van der Waals surface area contributed by atoms with Crippen LogP contribution in [0.15, 0.2) is 24.3 Å². The molecule has 0 fully saturated rings. The summed E-state index contributed by atoms with van der Waals surface area (Å²) in [5.74, 6) is 0.166. The number of alkyl halides is 2. The minimum absolute atomic E-state index is 0. The van der Waals surface area contributed by atoms with Gasteiger partial charge in [-0.2, -0.15) is 8.78 Å². The van der Waals surface area contributed by atoms with Gasteiger partial charge < -0.3 is 15.4 Å². The average Bonchev–Trinajstić information content (AvgIpc) is 2.44. The van der Waals surface area contributed by atoms with Crippen LogP contribution in [-0.4, -0.2) is 25.1 Å². The molecule has 0 saturated heterocycles. The fourth-order valence-corrected chi connectivity index (χ4v) is 1.67. The van der Waals surface area contributed by atoms with Crippen molar-refractivity contribution in [3.05, 3.63) is 29.8 Å². The monoisotopic (exact) mass is 336 g/mol. The molecule has 0 radical (unpaired) electrons. The maximum atomic E-state index is 12.0. The van der Waals surface area contributed by atoms with E-state index in [0.717, 1.165) is 12.0 Å². The highest BCUT2D eigenvalue weighted by molar-refractivity contribution is 5.85. The molecule has 1 unspecified atom stereocenters. The molecule has 1 amide bonds. The first-order valence-electron chi connectivity index (χ1n) is 7.05. The maximum Gasteiger partial charge on any atom is 0.387 e. The summed E-state index contributed by atoms with van der Waals surface area (Å²) >= 11 is 0. The summed E-state index contributed by atoms with van der Waals surface area (Å²) < 4.78 is 28.2. The van der Waals surface area contributed by atoms with Gasteiger partial charge in [0.1, 0.15) is 5.75 Å². The van der Waals surface area contributed by atoms with Crippen LogP contribution in [0.2, 0.25) is 0 Å². The smallest absolute Gasteiger partial charge is 0.387 e. The van der Waals surface area contributed by atoms with E-state index in [4.69, 9.17) is 0 Å². The largest absolute Gasteiger partial charge is 0.435 e. The predicted molar refractivity (Wildman–Crippen MR) is 84.5 cm³/mol. The van der Waals surface area contributed by atoms with E-state index < -0.39 is 6.61 Å². The van der Waals surface area contributed by atoms with Gasteiger partial charge in [-0.05, 0) is 31.0 Å².